The molecule has 0 saturated heterocycles. The normalized spacial score (nSPS) is 9.53. The third-order valence-electron chi connectivity index (χ3n) is 2.07. The van der Waals surface area contributed by atoms with Gasteiger partial charge in [0.15, 0.2) is 0 Å². The third-order valence-corrected chi connectivity index (χ3v) is 2.07. The maximum Gasteiger partial charge on any atom is 0.490 e. The first-order chi connectivity index (χ1) is 7.10. The molecule has 15 heavy (non-hydrogen) atoms. The maximum absolute atomic E-state index is 9.01. The molecule has 5 heteroatoms. The zero-order chi connectivity index (χ0) is 11.4. The molecule has 2 N–H and O–H groups in total. The molecule has 0 saturated carbocycles. The number of aryl methyl sites for hydroxylation is 1. The SMILES string of the molecule is C=CN(C=C)c1cc(C)c(B(O)O)cn1. The number of rotatable bonds is 4. The Hall–Kier alpha value is -1.59. The van der Waals surface area contributed by atoms with Crippen LogP contribution >= 0.6 is 0 Å². The molecule has 4 nitrogen and oxygen atoms in total. The maximum atomic E-state index is 9.01. The molecule has 0 aliphatic heterocycles. The van der Waals surface area contributed by atoms with Gasteiger partial charge in [0.05, 0.1) is 0 Å². The van der Waals surface area contributed by atoms with E-state index in [1.165, 1.54) is 6.20 Å². The van der Waals surface area contributed by atoms with E-state index in [-0.39, 0.29) is 0 Å². The largest absolute Gasteiger partial charge is 0.490 e. The van der Waals surface area contributed by atoms with Gasteiger partial charge in [0.25, 0.3) is 0 Å². The quantitative estimate of drug-likeness (QED) is 0.686. The number of hydrogen-bond donors (Lipinski definition) is 2. The zero-order valence-electron chi connectivity index (χ0n) is 8.59. The van der Waals surface area contributed by atoms with Gasteiger partial charge in [-0.25, -0.2) is 4.98 Å². The first kappa shape index (κ1) is 11.5. The van der Waals surface area contributed by atoms with Gasteiger partial charge in [-0.2, -0.15) is 0 Å². The van der Waals surface area contributed by atoms with Crippen LogP contribution in [0.15, 0.2) is 37.8 Å². The second kappa shape index (κ2) is 4.77. The fraction of sp³-hybridized carbons (Fsp3) is 0.100. The molecule has 0 aliphatic carbocycles. The number of nitrogens with zero attached hydrogens (tertiary/aromatic N) is 2. The monoisotopic (exact) mass is 204 g/mol. The molecule has 0 atom stereocenters. The summed E-state index contributed by atoms with van der Waals surface area (Å²) >= 11 is 0. The number of pyridine rings is 1. The van der Waals surface area contributed by atoms with Crippen molar-refractivity contribution in [3.63, 3.8) is 0 Å². The van der Waals surface area contributed by atoms with Crippen LogP contribution < -0.4 is 10.4 Å². The van der Waals surface area contributed by atoms with Gasteiger partial charge in [-0.3, -0.25) is 0 Å². The fourth-order valence-corrected chi connectivity index (χ4v) is 1.22. The summed E-state index contributed by atoms with van der Waals surface area (Å²) in [7, 11) is -1.49. The van der Waals surface area contributed by atoms with Gasteiger partial charge in [0, 0.05) is 24.1 Å². The van der Waals surface area contributed by atoms with Crippen LogP contribution in [0.5, 0.6) is 0 Å². The molecule has 0 fully saturated rings. The highest BCUT2D eigenvalue weighted by Crippen LogP contribution is 2.11. The lowest BCUT2D eigenvalue weighted by Crippen LogP contribution is -2.32. The van der Waals surface area contributed by atoms with Gasteiger partial charge in [0.1, 0.15) is 5.82 Å². The average molecular weight is 204 g/mol. The minimum atomic E-state index is -1.49. The van der Waals surface area contributed by atoms with Crippen LogP contribution in [0.4, 0.5) is 5.82 Å². The Labute approximate surface area is 89.3 Å². The van der Waals surface area contributed by atoms with Crippen molar-refractivity contribution in [2.45, 2.75) is 6.92 Å². The Morgan fingerprint density at radius 3 is 2.40 bits per heavy atom. The number of aromatic nitrogens is 1. The van der Waals surface area contributed by atoms with E-state index in [0.717, 1.165) is 5.56 Å². The van der Waals surface area contributed by atoms with E-state index in [1.54, 1.807) is 30.3 Å². The average Bonchev–Trinajstić information content (AvgIpc) is 2.19. The van der Waals surface area contributed by atoms with Crippen LogP contribution in [-0.4, -0.2) is 22.2 Å². The number of anilines is 1. The molecule has 0 amide bonds. The van der Waals surface area contributed by atoms with Crippen molar-refractivity contribution in [2.75, 3.05) is 4.90 Å². The predicted molar refractivity (Wildman–Crippen MR) is 61.7 cm³/mol. The summed E-state index contributed by atoms with van der Waals surface area (Å²) < 4.78 is 0. The second-order valence-corrected chi connectivity index (χ2v) is 3.05. The Balaban J connectivity index is 3.10. The van der Waals surface area contributed by atoms with Gasteiger partial charge in [-0.15, -0.1) is 0 Å². The van der Waals surface area contributed by atoms with Crippen molar-refractivity contribution in [1.29, 1.82) is 0 Å². The molecule has 1 heterocycles. The Morgan fingerprint density at radius 1 is 1.40 bits per heavy atom. The van der Waals surface area contributed by atoms with E-state index >= 15 is 0 Å². The summed E-state index contributed by atoms with van der Waals surface area (Å²) in [5.41, 5.74) is 1.15. The molecule has 1 rings (SSSR count). The lowest BCUT2D eigenvalue weighted by molar-refractivity contribution is 0.425. The molecule has 0 unspecified atom stereocenters. The summed E-state index contributed by atoms with van der Waals surface area (Å²) in [6, 6.07) is 1.73. The van der Waals surface area contributed by atoms with Crippen LogP contribution in [0.25, 0.3) is 0 Å². The van der Waals surface area contributed by atoms with Crippen LogP contribution in [0.1, 0.15) is 5.56 Å². The summed E-state index contributed by atoms with van der Waals surface area (Å²) in [6.45, 7) is 9.00. The summed E-state index contributed by atoms with van der Waals surface area (Å²) in [5, 5.41) is 18.0. The molecule has 1 aromatic heterocycles. The molecule has 1 aromatic rings. The molecule has 0 radical (unpaired) electrons. The van der Waals surface area contributed by atoms with E-state index in [2.05, 4.69) is 18.1 Å². The van der Waals surface area contributed by atoms with Crippen LogP contribution in [-0.2, 0) is 0 Å². The highest BCUT2D eigenvalue weighted by Gasteiger charge is 2.15. The van der Waals surface area contributed by atoms with Gasteiger partial charge >= 0.3 is 7.12 Å². The van der Waals surface area contributed by atoms with Crippen molar-refractivity contribution in [3.8, 4) is 0 Å². The summed E-state index contributed by atoms with van der Waals surface area (Å²) in [5.74, 6) is 0.641. The smallest absolute Gasteiger partial charge is 0.423 e. The summed E-state index contributed by atoms with van der Waals surface area (Å²) in [4.78, 5) is 5.71. The molecule has 0 aliphatic rings. The van der Waals surface area contributed by atoms with Crippen LogP contribution in [0.2, 0.25) is 0 Å². The fourth-order valence-electron chi connectivity index (χ4n) is 1.22. The van der Waals surface area contributed by atoms with Crippen molar-refractivity contribution in [1.82, 2.24) is 4.98 Å². The molecular formula is C10H13BN2O2. The van der Waals surface area contributed by atoms with Crippen molar-refractivity contribution < 1.29 is 10.0 Å². The van der Waals surface area contributed by atoms with Gasteiger partial charge in [-0.05, 0) is 18.6 Å². The number of hydrogen-bond acceptors (Lipinski definition) is 4. The summed E-state index contributed by atoms with van der Waals surface area (Å²) in [6.07, 6.45) is 4.57. The van der Waals surface area contributed by atoms with Crippen molar-refractivity contribution in [2.24, 2.45) is 0 Å². The van der Waals surface area contributed by atoms with Crippen LogP contribution in [0, 0.1) is 6.92 Å². The van der Waals surface area contributed by atoms with Crippen molar-refractivity contribution >= 4 is 18.4 Å². The van der Waals surface area contributed by atoms with E-state index in [0.29, 0.717) is 11.3 Å². The topological polar surface area (TPSA) is 56.6 Å². The van der Waals surface area contributed by atoms with E-state index in [1.807, 2.05) is 0 Å². The molecule has 0 spiro atoms. The highest BCUT2D eigenvalue weighted by molar-refractivity contribution is 6.59. The van der Waals surface area contributed by atoms with Gasteiger partial charge in [-0.1, -0.05) is 13.2 Å². The lowest BCUT2D eigenvalue weighted by Gasteiger charge is -2.14. The molecule has 0 bridgehead atoms. The zero-order valence-corrected chi connectivity index (χ0v) is 8.59. The molecule has 78 valence electrons. The Morgan fingerprint density at radius 2 is 2.00 bits per heavy atom. The highest BCUT2D eigenvalue weighted by atomic mass is 16.4. The van der Waals surface area contributed by atoms with E-state index in [9.17, 15) is 0 Å². The first-order valence-electron chi connectivity index (χ1n) is 4.46. The minimum absolute atomic E-state index is 0.395. The second-order valence-electron chi connectivity index (χ2n) is 3.05. The minimum Gasteiger partial charge on any atom is -0.423 e. The van der Waals surface area contributed by atoms with E-state index < -0.39 is 7.12 Å². The predicted octanol–water partition coefficient (Wildman–Crippen LogP) is 0.163. The van der Waals surface area contributed by atoms with Crippen LogP contribution in [0.3, 0.4) is 0 Å². The van der Waals surface area contributed by atoms with Crippen molar-refractivity contribution in [3.05, 3.63) is 43.4 Å². The third kappa shape index (κ3) is 2.46. The Bertz CT molecular complexity index is 372. The van der Waals surface area contributed by atoms with Gasteiger partial charge < -0.3 is 14.9 Å². The molecular weight excluding hydrogens is 191 g/mol. The Kier molecular flexibility index (Phi) is 3.65. The van der Waals surface area contributed by atoms with E-state index in [4.69, 9.17) is 10.0 Å². The van der Waals surface area contributed by atoms with Gasteiger partial charge in [0.2, 0.25) is 0 Å². The first-order valence-corrected chi connectivity index (χ1v) is 4.46. The molecule has 0 aromatic carbocycles. The standard InChI is InChI=1S/C10H13BN2O2/c1-4-13(5-2)10-6-8(3)9(7-12-10)11(14)15/h4-7,14-15H,1-2H2,3H3. The lowest BCUT2D eigenvalue weighted by atomic mass is 9.79.